The van der Waals surface area contributed by atoms with Crippen LogP contribution in [0.5, 0.6) is 0 Å². The number of halogens is 1. The number of rotatable bonds is 4. The van der Waals surface area contributed by atoms with Crippen LogP contribution in [0.15, 0.2) is 48.8 Å². The fourth-order valence-corrected chi connectivity index (χ4v) is 3.23. The number of hydrogen-bond donors (Lipinski definition) is 1. The van der Waals surface area contributed by atoms with Crippen LogP contribution in [0.2, 0.25) is 5.02 Å². The minimum absolute atomic E-state index is 0.678. The van der Waals surface area contributed by atoms with E-state index in [1.54, 1.807) is 6.33 Å². The summed E-state index contributed by atoms with van der Waals surface area (Å²) < 4.78 is 5.40. The molecule has 128 valence electrons. The molecule has 6 heteroatoms. The van der Waals surface area contributed by atoms with Crippen LogP contribution in [-0.2, 0) is 11.3 Å². The monoisotopic (exact) mass is 354 g/mol. The van der Waals surface area contributed by atoms with Crippen LogP contribution in [0.1, 0.15) is 5.56 Å². The molecule has 25 heavy (non-hydrogen) atoms. The minimum atomic E-state index is 0.678. The molecule has 1 fully saturated rings. The molecule has 0 radical (unpaired) electrons. The van der Waals surface area contributed by atoms with E-state index in [-0.39, 0.29) is 0 Å². The molecule has 2 aromatic carbocycles. The van der Waals surface area contributed by atoms with Crippen LogP contribution >= 0.6 is 11.6 Å². The molecule has 0 bridgehead atoms. The fourth-order valence-electron chi connectivity index (χ4n) is 3.06. The molecule has 1 N–H and O–H groups in total. The molecular weight excluding hydrogens is 336 g/mol. The molecule has 0 saturated carbocycles. The van der Waals surface area contributed by atoms with Gasteiger partial charge >= 0.3 is 0 Å². The highest BCUT2D eigenvalue weighted by atomic mass is 35.5. The number of hydrogen-bond acceptors (Lipinski definition) is 5. The van der Waals surface area contributed by atoms with E-state index in [2.05, 4.69) is 38.4 Å². The number of morpholine rings is 1. The van der Waals surface area contributed by atoms with Gasteiger partial charge in [-0.15, -0.1) is 0 Å². The van der Waals surface area contributed by atoms with Crippen LogP contribution in [0, 0.1) is 0 Å². The zero-order valence-electron chi connectivity index (χ0n) is 13.8. The van der Waals surface area contributed by atoms with Gasteiger partial charge in [-0.3, -0.25) is 0 Å². The number of nitrogens with zero attached hydrogens (tertiary/aromatic N) is 3. The molecular formula is C19H19ClN4O. The average Bonchev–Trinajstić information content (AvgIpc) is 2.67. The van der Waals surface area contributed by atoms with Crippen molar-refractivity contribution in [1.82, 2.24) is 9.97 Å². The van der Waals surface area contributed by atoms with Crippen molar-refractivity contribution in [3.63, 3.8) is 0 Å². The van der Waals surface area contributed by atoms with E-state index in [0.29, 0.717) is 6.54 Å². The third-order valence-electron chi connectivity index (χ3n) is 4.38. The Morgan fingerprint density at radius 1 is 1.08 bits per heavy atom. The van der Waals surface area contributed by atoms with Crippen molar-refractivity contribution < 1.29 is 4.74 Å². The molecule has 0 spiro atoms. The molecule has 2 heterocycles. The highest BCUT2D eigenvalue weighted by Crippen LogP contribution is 2.24. The molecule has 0 atom stereocenters. The van der Waals surface area contributed by atoms with Crippen molar-refractivity contribution in [2.24, 2.45) is 0 Å². The lowest BCUT2D eigenvalue weighted by molar-refractivity contribution is 0.122. The van der Waals surface area contributed by atoms with Crippen molar-refractivity contribution in [2.45, 2.75) is 6.54 Å². The maximum atomic E-state index is 6.16. The molecule has 0 amide bonds. The van der Waals surface area contributed by atoms with Crippen LogP contribution in [0.4, 0.5) is 11.6 Å². The van der Waals surface area contributed by atoms with E-state index in [1.807, 2.05) is 24.3 Å². The minimum Gasteiger partial charge on any atom is -0.378 e. The molecule has 4 rings (SSSR count). The second-order valence-corrected chi connectivity index (χ2v) is 6.43. The Labute approximate surface area is 151 Å². The van der Waals surface area contributed by atoms with E-state index in [4.69, 9.17) is 16.3 Å². The Kier molecular flexibility index (Phi) is 4.68. The summed E-state index contributed by atoms with van der Waals surface area (Å²) in [4.78, 5) is 10.9. The summed E-state index contributed by atoms with van der Waals surface area (Å²) in [7, 11) is 0. The van der Waals surface area contributed by atoms with Gasteiger partial charge in [-0.1, -0.05) is 35.9 Å². The summed E-state index contributed by atoms with van der Waals surface area (Å²) in [5.41, 5.74) is 1.19. The van der Waals surface area contributed by atoms with E-state index in [0.717, 1.165) is 48.3 Å². The van der Waals surface area contributed by atoms with Crippen molar-refractivity contribution in [2.75, 3.05) is 36.5 Å². The quantitative estimate of drug-likeness (QED) is 0.773. The number of ether oxygens (including phenoxy) is 1. The van der Waals surface area contributed by atoms with Crippen LogP contribution < -0.4 is 10.2 Å². The number of anilines is 2. The molecule has 0 unspecified atom stereocenters. The van der Waals surface area contributed by atoms with Crippen molar-refractivity contribution >= 4 is 34.0 Å². The number of benzene rings is 2. The first kappa shape index (κ1) is 16.1. The van der Waals surface area contributed by atoms with Gasteiger partial charge in [0, 0.05) is 30.7 Å². The maximum absolute atomic E-state index is 6.16. The number of aromatic nitrogens is 2. The predicted molar refractivity (Wildman–Crippen MR) is 101 cm³/mol. The van der Waals surface area contributed by atoms with Gasteiger partial charge in [0.05, 0.1) is 13.2 Å². The Hall–Kier alpha value is -2.37. The third-order valence-corrected chi connectivity index (χ3v) is 4.62. The smallest absolute Gasteiger partial charge is 0.134 e. The standard InChI is InChI=1S/C19H19ClN4O/c20-16-5-4-14-2-1-3-15(17(14)10-16)12-21-18-11-19(23-13-22-18)24-6-8-25-9-7-24/h1-5,10-11,13H,6-9,12H2,(H,21,22,23). The Morgan fingerprint density at radius 3 is 2.84 bits per heavy atom. The Bertz CT molecular complexity index is 880. The predicted octanol–water partition coefficient (Wildman–Crippen LogP) is 3.73. The Morgan fingerprint density at radius 2 is 1.96 bits per heavy atom. The lowest BCUT2D eigenvalue weighted by Crippen LogP contribution is -2.36. The molecule has 0 aliphatic carbocycles. The Balaban J connectivity index is 1.53. The molecule has 3 aromatic rings. The molecule has 5 nitrogen and oxygen atoms in total. The van der Waals surface area contributed by atoms with Crippen molar-refractivity contribution in [3.05, 3.63) is 59.4 Å². The normalized spacial score (nSPS) is 14.7. The highest BCUT2D eigenvalue weighted by molar-refractivity contribution is 6.31. The lowest BCUT2D eigenvalue weighted by atomic mass is 10.0. The molecule has 1 aromatic heterocycles. The first-order chi connectivity index (χ1) is 12.3. The number of fused-ring (bicyclic) bond motifs is 1. The topological polar surface area (TPSA) is 50.3 Å². The largest absolute Gasteiger partial charge is 0.378 e. The van der Waals surface area contributed by atoms with Crippen molar-refractivity contribution in [1.29, 1.82) is 0 Å². The van der Waals surface area contributed by atoms with Gasteiger partial charge in [-0.2, -0.15) is 0 Å². The van der Waals surface area contributed by atoms with Crippen LogP contribution in [-0.4, -0.2) is 36.3 Å². The maximum Gasteiger partial charge on any atom is 0.134 e. The van der Waals surface area contributed by atoms with Crippen LogP contribution in [0.3, 0.4) is 0 Å². The lowest BCUT2D eigenvalue weighted by Gasteiger charge is -2.27. The fraction of sp³-hybridized carbons (Fsp3) is 0.263. The SMILES string of the molecule is Clc1ccc2cccc(CNc3cc(N4CCOCC4)ncn3)c2c1. The van der Waals surface area contributed by atoms with Crippen molar-refractivity contribution in [3.8, 4) is 0 Å². The summed E-state index contributed by atoms with van der Waals surface area (Å²) in [6.45, 7) is 3.88. The van der Waals surface area contributed by atoms with Gasteiger partial charge in [0.2, 0.25) is 0 Å². The summed E-state index contributed by atoms with van der Waals surface area (Å²) in [5.74, 6) is 1.75. The van der Waals surface area contributed by atoms with Gasteiger partial charge < -0.3 is 15.0 Å². The first-order valence-corrected chi connectivity index (χ1v) is 8.73. The molecule has 1 saturated heterocycles. The van der Waals surface area contributed by atoms with Gasteiger partial charge in [0.15, 0.2) is 0 Å². The zero-order valence-corrected chi connectivity index (χ0v) is 14.5. The van der Waals surface area contributed by atoms with Crippen LogP contribution in [0.25, 0.3) is 10.8 Å². The summed E-state index contributed by atoms with van der Waals surface area (Å²) in [6, 6.07) is 14.2. The molecule has 1 aliphatic heterocycles. The summed E-state index contributed by atoms with van der Waals surface area (Å²) in [5, 5.41) is 6.49. The highest BCUT2D eigenvalue weighted by Gasteiger charge is 2.13. The second-order valence-electron chi connectivity index (χ2n) is 6.00. The number of nitrogens with one attached hydrogen (secondary N) is 1. The van der Waals surface area contributed by atoms with Gasteiger partial charge in [-0.05, 0) is 28.5 Å². The third kappa shape index (κ3) is 3.67. The van der Waals surface area contributed by atoms with Gasteiger partial charge in [-0.25, -0.2) is 9.97 Å². The van der Waals surface area contributed by atoms with Gasteiger partial charge in [0.1, 0.15) is 18.0 Å². The van der Waals surface area contributed by atoms with Gasteiger partial charge in [0.25, 0.3) is 0 Å². The van der Waals surface area contributed by atoms with E-state index in [1.165, 1.54) is 10.9 Å². The van der Waals surface area contributed by atoms with E-state index in [9.17, 15) is 0 Å². The van der Waals surface area contributed by atoms with E-state index >= 15 is 0 Å². The second kappa shape index (κ2) is 7.25. The van der Waals surface area contributed by atoms with E-state index < -0.39 is 0 Å². The average molecular weight is 355 g/mol. The summed E-state index contributed by atoms with van der Waals surface area (Å²) in [6.07, 6.45) is 1.60. The molecule has 1 aliphatic rings. The summed E-state index contributed by atoms with van der Waals surface area (Å²) >= 11 is 6.16. The first-order valence-electron chi connectivity index (χ1n) is 8.35. The zero-order chi connectivity index (χ0) is 17.1.